The van der Waals surface area contributed by atoms with E-state index < -0.39 is 10.0 Å². The third kappa shape index (κ3) is 4.94. The number of rotatable bonds is 6. The quantitative estimate of drug-likeness (QED) is 0.735. The Balaban J connectivity index is 1.31. The fourth-order valence-corrected chi connectivity index (χ4v) is 4.81. The smallest absolute Gasteiger partial charge is 0.240 e. The average molecular weight is 431 g/mol. The van der Waals surface area contributed by atoms with Crippen LogP contribution in [0.4, 0.5) is 5.69 Å². The zero-order valence-corrected chi connectivity index (χ0v) is 17.6. The topological polar surface area (TPSA) is 93.7 Å². The number of aryl methyl sites for hydroxylation is 2. The summed E-state index contributed by atoms with van der Waals surface area (Å²) in [5.74, 6) is 0.972. The van der Waals surface area contributed by atoms with Gasteiger partial charge in [0.15, 0.2) is 11.5 Å². The molecule has 2 aromatic rings. The largest absolute Gasteiger partial charge is 0.490 e. The van der Waals surface area contributed by atoms with E-state index in [0.717, 1.165) is 37.7 Å². The van der Waals surface area contributed by atoms with Crippen LogP contribution in [0.25, 0.3) is 0 Å². The van der Waals surface area contributed by atoms with Gasteiger partial charge in [-0.1, -0.05) is 6.07 Å². The number of fused-ring (bicyclic) bond motifs is 2. The van der Waals surface area contributed by atoms with Crippen LogP contribution in [0.1, 0.15) is 36.8 Å². The summed E-state index contributed by atoms with van der Waals surface area (Å²) in [5.41, 5.74) is 2.92. The Morgan fingerprint density at radius 1 is 0.900 bits per heavy atom. The predicted octanol–water partition coefficient (Wildman–Crippen LogP) is 3.03. The van der Waals surface area contributed by atoms with Gasteiger partial charge in [-0.05, 0) is 61.1 Å². The third-order valence-electron chi connectivity index (χ3n) is 5.31. The fourth-order valence-electron chi connectivity index (χ4n) is 3.72. The van der Waals surface area contributed by atoms with Crippen molar-refractivity contribution in [3.05, 3.63) is 47.5 Å². The van der Waals surface area contributed by atoms with E-state index in [9.17, 15) is 13.2 Å². The van der Waals surface area contributed by atoms with Crippen molar-refractivity contribution in [1.82, 2.24) is 4.72 Å². The lowest BCUT2D eigenvalue weighted by Crippen LogP contribution is -2.28. The highest BCUT2D eigenvalue weighted by Gasteiger charge is 2.18. The molecule has 2 N–H and O–H groups in total. The van der Waals surface area contributed by atoms with Gasteiger partial charge in [-0.15, -0.1) is 0 Å². The molecule has 4 rings (SSSR count). The minimum atomic E-state index is -3.64. The van der Waals surface area contributed by atoms with Crippen LogP contribution in [0, 0.1) is 0 Å². The number of benzene rings is 2. The molecule has 0 radical (unpaired) electrons. The summed E-state index contributed by atoms with van der Waals surface area (Å²) in [7, 11) is -3.64. The van der Waals surface area contributed by atoms with E-state index in [2.05, 4.69) is 10.0 Å². The van der Waals surface area contributed by atoms with E-state index in [4.69, 9.17) is 9.47 Å². The molecule has 0 saturated heterocycles. The zero-order valence-electron chi connectivity index (χ0n) is 16.8. The van der Waals surface area contributed by atoms with E-state index in [1.165, 1.54) is 5.56 Å². The van der Waals surface area contributed by atoms with E-state index in [1.807, 2.05) is 6.07 Å². The summed E-state index contributed by atoms with van der Waals surface area (Å²) in [6.07, 6.45) is 4.99. The molecule has 7 nitrogen and oxygen atoms in total. The second kappa shape index (κ2) is 9.06. The van der Waals surface area contributed by atoms with Crippen LogP contribution in [0.15, 0.2) is 41.3 Å². The van der Waals surface area contributed by atoms with Crippen LogP contribution in [0.5, 0.6) is 11.5 Å². The summed E-state index contributed by atoms with van der Waals surface area (Å²) in [4.78, 5) is 12.5. The van der Waals surface area contributed by atoms with Crippen molar-refractivity contribution < 1.29 is 22.7 Å². The van der Waals surface area contributed by atoms with Gasteiger partial charge in [0, 0.05) is 31.1 Å². The van der Waals surface area contributed by atoms with Gasteiger partial charge in [-0.2, -0.15) is 0 Å². The first-order valence-electron chi connectivity index (χ1n) is 10.3. The maximum absolute atomic E-state index is 12.6. The molecule has 0 fully saturated rings. The zero-order chi connectivity index (χ0) is 21.0. The third-order valence-corrected chi connectivity index (χ3v) is 6.76. The number of anilines is 1. The van der Waals surface area contributed by atoms with Gasteiger partial charge >= 0.3 is 0 Å². The Hall–Kier alpha value is -2.58. The van der Waals surface area contributed by atoms with Crippen LogP contribution in [0.3, 0.4) is 0 Å². The van der Waals surface area contributed by atoms with Gasteiger partial charge in [-0.25, -0.2) is 13.1 Å². The second-order valence-corrected chi connectivity index (χ2v) is 9.31. The molecule has 0 spiro atoms. The van der Waals surface area contributed by atoms with Crippen molar-refractivity contribution in [3.63, 3.8) is 0 Å². The van der Waals surface area contributed by atoms with Crippen LogP contribution in [-0.2, 0) is 27.7 Å². The molecule has 1 aliphatic carbocycles. The molecule has 0 unspecified atom stereocenters. The summed E-state index contributed by atoms with van der Waals surface area (Å²) < 4.78 is 38.9. The molecule has 160 valence electrons. The molecule has 0 bridgehead atoms. The van der Waals surface area contributed by atoms with Crippen molar-refractivity contribution in [2.45, 2.75) is 43.4 Å². The lowest BCUT2D eigenvalue weighted by molar-refractivity contribution is -0.116. The van der Waals surface area contributed by atoms with E-state index in [1.54, 1.807) is 30.3 Å². The van der Waals surface area contributed by atoms with Gasteiger partial charge in [0.25, 0.3) is 0 Å². The number of hydrogen-bond acceptors (Lipinski definition) is 5. The van der Waals surface area contributed by atoms with Gasteiger partial charge in [0.1, 0.15) is 0 Å². The standard InChI is InChI=1S/C22H26N2O5S/c25-22(24-18-7-9-20-21(15-18)29-13-3-12-28-20)10-11-23-30(26,27)19-8-6-16-4-1-2-5-17(16)14-19/h6-9,14-15,23H,1-5,10-13H2,(H,24,25). The van der Waals surface area contributed by atoms with Crippen LogP contribution >= 0.6 is 0 Å². The summed E-state index contributed by atoms with van der Waals surface area (Å²) >= 11 is 0. The first-order valence-corrected chi connectivity index (χ1v) is 11.8. The molecule has 0 saturated carbocycles. The number of amides is 1. The molecular formula is C22H26N2O5S. The molecule has 1 aliphatic heterocycles. The summed E-state index contributed by atoms with van der Waals surface area (Å²) in [5, 5.41) is 2.77. The normalized spacial score (nSPS) is 15.7. The Morgan fingerprint density at radius 3 is 2.50 bits per heavy atom. The highest BCUT2D eigenvalue weighted by atomic mass is 32.2. The van der Waals surface area contributed by atoms with E-state index in [-0.39, 0.29) is 23.8 Å². The first-order chi connectivity index (χ1) is 14.5. The van der Waals surface area contributed by atoms with E-state index >= 15 is 0 Å². The lowest BCUT2D eigenvalue weighted by Gasteiger charge is -2.16. The number of ether oxygens (including phenoxy) is 2. The Labute approximate surface area is 176 Å². The molecule has 8 heteroatoms. The van der Waals surface area contributed by atoms with Gasteiger partial charge < -0.3 is 14.8 Å². The highest BCUT2D eigenvalue weighted by molar-refractivity contribution is 7.89. The van der Waals surface area contributed by atoms with Gasteiger partial charge in [0.2, 0.25) is 15.9 Å². The number of nitrogens with one attached hydrogen (secondary N) is 2. The van der Waals surface area contributed by atoms with Crippen LogP contribution in [0.2, 0.25) is 0 Å². The van der Waals surface area contributed by atoms with Crippen LogP contribution in [-0.4, -0.2) is 34.1 Å². The monoisotopic (exact) mass is 430 g/mol. The molecule has 1 heterocycles. The van der Waals surface area contributed by atoms with Crippen molar-refractivity contribution in [2.75, 3.05) is 25.1 Å². The van der Waals surface area contributed by atoms with Crippen molar-refractivity contribution in [2.24, 2.45) is 0 Å². The summed E-state index contributed by atoms with van der Waals surface area (Å²) in [6.45, 7) is 1.19. The SMILES string of the molecule is O=C(CCNS(=O)(=O)c1ccc2c(c1)CCCC2)Nc1ccc2c(c1)OCCCO2. The number of carbonyl (C=O) groups is 1. The first kappa shape index (κ1) is 20.7. The minimum Gasteiger partial charge on any atom is -0.490 e. The maximum atomic E-state index is 12.6. The second-order valence-electron chi connectivity index (χ2n) is 7.55. The molecule has 2 aliphatic rings. The van der Waals surface area contributed by atoms with Crippen LogP contribution < -0.4 is 19.5 Å². The number of carbonyl (C=O) groups excluding carboxylic acids is 1. The fraction of sp³-hybridized carbons (Fsp3) is 0.409. The minimum absolute atomic E-state index is 0.0236. The Kier molecular flexibility index (Phi) is 6.24. The molecular weight excluding hydrogens is 404 g/mol. The van der Waals surface area contributed by atoms with Crippen molar-refractivity contribution >= 4 is 21.6 Å². The maximum Gasteiger partial charge on any atom is 0.240 e. The highest BCUT2D eigenvalue weighted by Crippen LogP contribution is 2.32. The molecule has 2 aromatic carbocycles. The predicted molar refractivity (Wildman–Crippen MR) is 114 cm³/mol. The Morgan fingerprint density at radius 2 is 1.67 bits per heavy atom. The molecule has 0 aromatic heterocycles. The molecule has 1 amide bonds. The molecule has 0 atom stereocenters. The Bertz CT molecular complexity index is 1040. The summed E-state index contributed by atoms with van der Waals surface area (Å²) in [6, 6.07) is 10.5. The van der Waals surface area contributed by atoms with Crippen molar-refractivity contribution in [3.8, 4) is 11.5 Å². The van der Waals surface area contributed by atoms with Gasteiger partial charge in [-0.3, -0.25) is 4.79 Å². The average Bonchev–Trinajstić information content (AvgIpc) is 2.98. The van der Waals surface area contributed by atoms with Gasteiger partial charge in [0.05, 0.1) is 18.1 Å². The number of hydrogen-bond donors (Lipinski definition) is 2. The van der Waals surface area contributed by atoms with Crippen molar-refractivity contribution in [1.29, 1.82) is 0 Å². The molecule has 30 heavy (non-hydrogen) atoms. The number of sulfonamides is 1. The lowest BCUT2D eigenvalue weighted by atomic mass is 9.92. The van der Waals surface area contributed by atoms with E-state index in [0.29, 0.717) is 30.4 Å².